The van der Waals surface area contributed by atoms with Crippen molar-refractivity contribution < 1.29 is 52.0 Å². The summed E-state index contributed by atoms with van der Waals surface area (Å²) < 4.78 is 43.1. The molecule has 0 unspecified atom stereocenters. The number of hydrogen-bond donors (Lipinski definition) is 3. The van der Waals surface area contributed by atoms with E-state index in [2.05, 4.69) is 26.7 Å². The summed E-state index contributed by atoms with van der Waals surface area (Å²) in [6.07, 6.45) is -3.54. The zero-order valence-corrected chi connectivity index (χ0v) is 18.4. The quantitative estimate of drug-likeness (QED) is 0.125. The third kappa shape index (κ3) is 13.0. The van der Waals surface area contributed by atoms with Gasteiger partial charge in [-0.1, -0.05) is 12.6 Å². The minimum Gasteiger partial charge on any atom is -0.449 e. The van der Waals surface area contributed by atoms with E-state index < -0.39 is 43.6 Å². The Kier molecular flexibility index (Phi) is 12.0. The molecule has 0 saturated carbocycles. The Labute approximate surface area is 194 Å². The minimum absolute atomic E-state index is 0.0799. The molecule has 0 aliphatic carbocycles. The molecule has 1 aromatic carbocycles. The number of ether oxygens (including phenoxy) is 4. The van der Waals surface area contributed by atoms with Crippen molar-refractivity contribution in [3.05, 3.63) is 36.4 Å². The summed E-state index contributed by atoms with van der Waals surface area (Å²) in [6.45, 7) is 2.97. The molecule has 13 heteroatoms. The Balaban J connectivity index is 2.30. The number of alkyl halides is 2. The SMILES string of the molecule is C=CC(=O)OCOC(=O)CCCCCOC(=O)Nc1cc(NC(=O)OCC(O)(F)F)ccc1C. The smallest absolute Gasteiger partial charge is 0.411 e. The van der Waals surface area contributed by atoms with Crippen molar-refractivity contribution in [1.29, 1.82) is 0 Å². The van der Waals surface area contributed by atoms with Crippen molar-refractivity contribution in [2.75, 3.05) is 30.6 Å². The van der Waals surface area contributed by atoms with Gasteiger partial charge < -0.3 is 24.1 Å². The Morgan fingerprint density at radius 1 is 1.03 bits per heavy atom. The zero-order valence-electron chi connectivity index (χ0n) is 18.4. The standard InChI is InChI=1S/C21H26F2N2O9/c1-3-17(26)33-13-34-18(27)7-5-4-6-10-31-20(29)25-16-11-15(9-8-14(16)2)24-19(28)32-12-21(22,23)30/h3,8-9,11,30H,1,4-7,10,12-13H2,2H3,(H,24,28)(H,25,29). The second-order valence-corrected chi connectivity index (χ2v) is 6.77. The number of aliphatic hydroxyl groups is 1. The third-order valence-electron chi connectivity index (χ3n) is 3.94. The molecule has 0 aliphatic heterocycles. The molecule has 0 saturated heterocycles. The Hall–Kier alpha value is -3.74. The van der Waals surface area contributed by atoms with Crippen LogP contribution in [0.25, 0.3) is 0 Å². The van der Waals surface area contributed by atoms with Crippen LogP contribution in [0, 0.1) is 6.92 Å². The summed E-state index contributed by atoms with van der Waals surface area (Å²) >= 11 is 0. The van der Waals surface area contributed by atoms with Crippen molar-refractivity contribution in [3.8, 4) is 0 Å². The maximum absolute atomic E-state index is 12.3. The molecule has 0 atom stereocenters. The van der Waals surface area contributed by atoms with E-state index in [4.69, 9.17) is 14.6 Å². The van der Waals surface area contributed by atoms with Gasteiger partial charge in [0.15, 0.2) is 6.61 Å². The molecule has 0 bridgehead atoms. The summed E-state index contributed by atoms with van der Waals surface area (Å²) in [5, 5.41) is 13.0. The van der Waals surface area contributed by atoms with Gasteiger partial charge in [0.1, 0.15) is 0 Å². The van der Waals surface area contributed by atoms with Gasteiger partial charge in [0.25, 0.3) is 0 Å². The molecule has 1 rings (SSSR count). The average molecular weight is 488 g/mol. The number of carbonyl (C=O) groups excluding carboxylic acids is 4. The number of unbranched alkanes of at least 4 members (excludes halogenated alkanes) is 2. The molecule has 0 aromatic heterocycles. The molecule has 11 nitrogen and oxygen atoms in total. The highest BCUT2D eigenvalue weighted by Crippen LogP contribution is 2.21. The largest absolute Gasteiger partial charge is 0.449 e. The Morgan fingerprint density at radius 2 is 1.74 bits per heavy atom. The van der Waals surface area contributed by atoms with Gasteiger partial charge >= 0.3 is 30.2 Å². The molecule has 34 heavy (non-hydrogen) atoms. The van der Waals surface area contributed by atoms with E-state index in [0.29, 0.717) is 30.5 Å². The molecular weight excluding hydrogens is 462 g/mol. The third-order valence-corrected chi connectivity index (χ3v) is 3.94. The van der Waals surface area contributed by atoms with Gasteiger partial charge in [0.05, 0.1) is 6.61 Å². The van der Waals surface area contributed by atoms with Crippen LogP contribution in [-0.4, -0.2) is 55.3 Å². The summed E-state index contributed by atoms with van der Waals surface area (Å²) in [6, 6.07) is 4.38. The van der Waals surface area contributed by atoms with Crippen molar-refractivity contribution >= 4 is 35.5 Å². The van der Waals surface area contributed by atoms with Crippen LogP contribution < -0.4 is 10.6 Å². The highest BCUT2D eigenvalue weighted by atomic mass is 19.3. The van der Waals surface area contributed by atoms with Crippen LogP contribution in [-0.2, 0) is 28.5 Å². The summed E-state index contributed by atoms with van der Waals surface area (Å²) in [4.78, 5) is 45.7. The Bertz CT molecular complexity index is 872. The highest BCUT2D eigenvalue weighted by molar-refractivity contribution is 5.89. The van der Waals surface area contributed by atoms with Gasteiger partial charge in [-0.15, -0.1) is 0 Å². The van der Waals surface area contributed by atoms with E-state index in [1.54, 1.807) is 13.0 Å². The lowest BCUT2D eigenvalue weighted by Gasteiger charge is -2.13. The molecule has 0 spiro atoms. The number of nitrogens with one attached hydrogen (secondary N) is 2. The van der Waals surface area contributed by atoms with Crippen LogP contribution in [0.1, 0.15) is 31.2 Å². The van der Waals surface area contributed by atoms with E-state index in [0.717, 1.165) is 6.08 Å². The number of halogens is 2. The number of esters is 2. The minimum atomic E-state index is -4.15. The number of hydrogen-bond acceptors (Lipinski definition) is 9. The number of aryl methyl sites for hydroxylation is 1. The first-order valence-corrected chi connectivity index (χ1v) is 10.0. The van der Waals surface area contributed by atoms with E-state index in [1.165, 1.54) is 12.1 Å². The van der Waals surface area contributed by atoms with E-state index in [-0.39, 0.29) is 18.7 Å². The van der Waals surface area contributed by atoms with Crippen LogP contribution in [0.15, 0.2) is 30.9 Å². The van der Waals surface area contributed by atoms with Crippen LogP contribution in [0.5, 0.6) is 0 Å². The molecule has 0 radical (unpaired) electrons. The molecule has 2 amide bonds. The van der Waals surface area contributed by atoms with Crippen molar-refractivity contribution in [3.63, 3.8) is 0 Å². The first-order valence-electron chi connectivity index (χ1n) is 10.0. The summed E-state index contributed by atoms with van der Waals surface area (Å²) in [5.74, 6) is -1.23. The summed E-state index contributed by atoms with van der Waals surface area (Å²) in [7, 11) is 0. The van der Waals surface area contributed by atoms with Gasteiger partial charge in [-0.2, -0.15) is 8.78 Å². The number of amides is 2. The fourth-order valence-electron chi connectivity index (χ4n) is 2.28. The maximum atomic E-state index is 12.3. The number of benzene rings is 1. The van der Waals surface area contributed by atoms with Crippen LogP contribution >= 0.6 is 0 Å². The summed E-state index contributed by atoms with van der Waals surface area (Å²) in [5.41, 5.74) is 1.09. The first kappa shape index (κ1) is 28.3. The molecule has 0 fully saturated rings. The van der Waals surface area contributed by atoms with E-state index in [9.17, 15) is 28.0 Å². The molecule has 0 heterocycles. The fraction of sp³-hybridized carbons (Fsp3) is 0.429. The average Bonchev–Trinajstić information content (AvgIpc) is 2.76. The van der Waals surface area contributed by atoms with E-state index in [1.807, 2.05) is 0 Å². The molecule has 3 N–H and O–H groups in total. The second-order valence-electron chi connectivity index (χ2n) is 6.77. The van der Waals surface area contributed by atoms with Gasteiger partial charge in [-0.3, -0.25) is 15.4 Å². The zero-order chi connectivity index (χ0) is 25.6. The van der Waals surface area contributed by atoms with Crippen molar-refractivity contribution in [1.82, 2.24) is 0 Å². The topological polar surface area (TPSA) is 149 Å². The van der Waals surface area contributed by atoms with Gasteiger partial charge in [0, 0.05) is 23.9 Å². The predicted octanol–water partition coefficient (Wildman–Crippen LogP) is 3.47. The number of carbonyl (C=O) groups is 4. The van der Waals surface area contributed by atoms with Crippen LogP contribution in [0.4, 0.5) is 29.7 Å². The highest BCUT2D eigenvalue weighted by Gasteiger charge is 2.26. The molecular formula is C21H26F2N2O9. The number of rotatable bonds is 13. The first-order chi connectivity index (χ1) is 16.0. The second kappa shape index (κ2) is 14.4. The van der Waals surface area contributed by atoms with Crippen molar-refractivity contribution in [2.45, 2.75) is 38.7 Å². The lowest BCUT2D eigenvalue weighted by molar-refractivity contribution is -0.220. The van der Waals surface area contributed by atoms with Crippen LogP contribution in [0.3, 0.4) is 0 Å². The lowest BCUT2D eigenvalue weighted by atomic mass is 10.2. The Morgan fingerprint density at radius 3 is 2.41 bits per heavy atom. The molecule has 1 aromatic rings. The van der Waals surface area contributed by atoms with Gasteiger partial charge in [-0.05, 0) is 43.9 Å². The monoisotopic (exact) mass is 488 g/mol. The fourth-order valence-corrected chi connectivity index (χ4v) is 2.28. The predicted molar refractivity (Wildman–Crippen MR) is 114 cm³/mol. The van der Waals surface area contributed by atoms with Crippen LogP contribution in [0.2, 0.25) is 0 Å². The lowest BCUT2D eigenvalue weighted by Crippen LogP contribution is -2.27. The normalized spacial score (nSPS) is 10.6. The van der Waals surface area contributed by atoms with Crippen molar-refractivity contribution in [2.24, 2.45) is 0 Å². The maximum Gasteiger partial charge on any atom is 0.411 e. The number of anilines is 2. The van der Waals surface area contributed by atoms with Gasteiger partial charge in [-0.25, -0.2) is 14.4 Å². The van der Waals surface area contributed by atoms with Gasteiger partial charge in [0.2, 0.25) is 6.79 Å². The molecule has 188 valence electrons. The van der Waals surface area contributed by atoms with E-state index >= 15 is 0 Å². The molecule has 0 aliphatic rings.